The number of nitrogens with one attached hydrogen (secondary N) is 1. The molecule has 0 amide bonds. The van der Waals surface area contributed by atoms with E-state index in [0.717, 1.165) is 5.56 Å². The summed E-state index contributed by atoms with van der Waals surface area (Å²) in [6.45, 7) is 1.56. The number of hydrogen-bond acceptors (Lipinski definition) is 2. The van der Waals surface area contributed by atoms with Gasteiger partial charge >= 0.3 is 0 Å². The fraction of sp³-hybridized carbons (Fsp3) is 0.364. The lowest BCUT2D eigenvalue weighted by molar-refractivity contribution is -0.116. The predicted octanol–water partition coefficient (Wildman–Crippen LogP) is 2.31. The van der Waals surface area contributed by atoms with E-state index in [1.54, 1.807) is 13.0 Å². The smallest absolute Gasteiger partial charge is 0.134 e. The quantitative estimate of drug-likeness (QED) is 0.817. The van der Waals surface area contributed by atoms with Gasteiger partial charge in [0.05, 0.1) is 0 Å². The van der Waals surface area contributed by atoms with E-state index >= 15 is 0 Å². The van der Waals surface area contributed by atoms with Crippen LogP contribution in [0.5, 0.6) is 0 Å². The Kier molecular flexibility index (Phi) is 7.07. The summed E-state index contributed by atoms with van der Waals surface area (Å²) in [4.78, 5) is 10.7. The minimum absolute atomic E-state index is 0.137. The van der Waals surface area contributed by atoms with Gasteiger partial charge in [-0.2, -0.15) is 0 Å². The first-order valence-corrected chi connectivity index (χ1v) is 4.81. The minimum Gasteiger partial charge on any atom is -0.323 e. The maximum absolute atomic E-state index is 10.7. The van der Waals surface area contributed by atoms with Crippen LogP contribution in [-0.2, 0) is 11.2 Å². The number of hydrogen-bond donors (Lipinski definition) is 1. The molecule has 0 aliphatic heterocycles. The minimum atomic E-state index is 0.137. The molecule has 1 aromatic carbocycles. The maximum Gasteiger partial charge on any atom is 0.134 e. The van der Waals surface area contributed by atoms with E-state index in [0.29, 0.717) is 11.4 Å². The van der Waals surface area contributed by atoms with Crippen LogP contribution in [0.4, 0.5) is 0 Å². The van der Waals surface area contributed by atoms with Gasteiger partial charge in [0, 0.05) is 11.4 Å². The number of benzene rings is 1. The molecule has 0 aliphatic rings. The summed E-state index contributed by atoms with van der Waals surface area (Å²) in [7, 11) is 3.75. The summed E-state index contributed by atoms with van der Waals surface area (Å²) in [6, 6.07) is 7.39. The van der Waals surface area contributed by atoms with Crippen LogP contribution in [0.15, 0.2) is 24.3 Å². The molecule has 0 aromatic heterocycles. The van der Waals surface area contributed by atoms with Crippen LogP contribution in [-0.4, -0.2) is 19.9 Å². The normalized spacial score (nSPS) is 8.86. The van der Waals surface area contributed by atoms with Crippen LogP contribution in [0.2, 0.25) is 5.02 Å². The Hall–Kier alpha value is -0.860. The van der Waals surface area contributed by atoms with E-state index in [-0.39, 0.29) is 5.78 Å². The van der Waals surface area contributed by atoms with Crippen molar-refractivity contribution in [2.75, 3.05) is 14.1 Å². The van der Waals surface area contributed by atoms with Crippen molar-refractivity contribution in [3.05, 3.63) is 34.9 Å². The molecule has 78 valence electrons. The number of rotatable bonds is 2. The Morgan fingerprint density at radius 2 is 1.86 bits per heavy atom. The van der Waals surface area contributed by atoms with Crippen molar-refractivity contribution in [2.24, 2.45) is 0 Å². The van der Waals surface area contributed by atoms with Crippen molar-refractivity contribution in [1.82, 2.24) is 5.32 Å². The molecular formula is C11H16ClNO. The zero-order valence-electron chi connectivity index (χ0n) is 8.80. The third-order valence-corrected chi connectivity index (χ3v) is 1.77. The molecule has 0 unspecified atom stereocenters. The van der Waals surface area contributed by atoms with Gasteiger partial charge < -0.3 is 5.32 Å². The average Bonchev–Trinajstić information content (AvgIpc) is 2.09. The molecule has 0 aliphatic carbocycles. The SMILES string of the molecule is CC(=O)Cc1ccccc1Cl.CNC. The van der Waals surface area contributed by atoms with Crippen molar-refractivity contribution in [2.45, 2.75) is 13.3 Å². The first kappa shape index (κ1) is 13.1. The molecule has 0 spiro atoms. The summed E-state index contributed by atoms with van der Waals surface area (Å²) >= 11 is 5.82. The Morgan fingerprint density at radius 1 is 1.36 bits per heavy atom. The fourth-order valence-corrected chi connectivity index (χ4v) is 1.11. The van der Waals surface area contributed by atoms with Crippen LogP contribution in [0.25, 0.3) is 0 Å². The van der Waals surface area contributed by atoms with Crippen LogP contribution in [0.1, 0.15) is 12.5 Å². The van der Waals surface area contributed by atoms with E-state index in [4.69, 9.17) is 11.6 Å². The molecule has 3 heteroatoms. The molecule has 2 nitrogen and oxygen atoms in total. The number of halogens is 1. The largest absolute Gasteiger partial charge is 0.323 e. The van der Waals surface area contributed by atoms with Gasteiger partial charge in [-0.1, -0.05) is 29.8 Å². The molecule has 1 rings (SSSR count). The summed E-state index contributed by atoms with van der Waals surface area (Å²) in [5, 5.41) is 3.42. The molecular weight excluding hydrogens is 198 g/mol. The van der Waals surface area contributed by atoms with Gasteiger partial charge in [0.2, 0.25) is 0 Å². The second-order valence-corrected chi connectivity index (χ2v) is 3.38. The van der Waals surface area contributed by atoms with Crippen molar-refractivity contribution in [3.63, 3.8) is 0 Å². The maximum atomic E-state index is 10.7. The molecule has 1 aromatic rings. The topological polar surface area (TPSA) is 29.1 Å². The molecule has 0 bridgehead atoms. The van der Waals surface area contributed by atoms with E-state index in [1.807, 2.05) is 32.3 Å². The van der Waals surface area contributed by atoms with Gasteiger partial charge in [-0.25, -0.2) is 0 Å². The van der Waals surface area contributed by atoms with Crippen molar-refractivity contribution in [1.29, 1.82) is 0 Å². The lowest BCUT2D eigenvalue weighted by Gasteiger charge is -1.98. The highest BCUT2D eigenvalue weighted by molar-refractivity contribution is 6.31. The van der Waals surface area contributed by atoms with Gasteiger partial charge in [-0.05, 0) is 32.6 Å². The van der Waals surface area contributed by atoms with Gasteiger partial charge in [-0.3, -0.25) is 4.79 Å². The third-order valence-electron chi connectivity index (χ3n) is 1.40. The highest BCUT2D eigenvalue weighted by Crippen LogP contribution is 2.15. The van der Waals surface area contributed by atoms with Gasteiger partial charge in [0.25, 0.3) is 0 Å². The van der Waals surface area contributed by atoms with E-state index in [1.165, 1.54) is 0 Å². The molecule has 0 saturated heterocycles. The predicted molar refractivity (Wildman–Crippen MR) is 60.8 cm³/mol. The van der Waals surface area contributed by atoms with E-state index < -0.39 is 0 Å². The molecule has 14 heavy (non-hydrogen) atoms. The van der Waals surface area contributed by atoms with Gasteiger partial charge in [-0.15, -0.1) is 0 Å². The van der Waals surface area contributed by atoms with Gasteiger partial charge in [0.1, 0.15) is 5.78 Å². The highest BCUT2D eigenvalue weighted by atomic mass is 35.5. The number of carbonyl (C=O) groups excluding carboxylic acids is 1. The van der Waals surface area contributed by atoms with Crippen LogP contribution in [0.3, 0.4) is 0 Å². The number of Topliss-reactive ketones (excluding diaryl/α,β-unsaturated/α-hetero) is 1. The summed E-state index contributed by atoms with van der Waals surface area (Å²) < 4.78 is 0. The lowest BCUT2D eigenvalue weighted by Crippen LogP contribution is -1.96. The number of carbonyl (C=O) groups is 1. The van der Waals surface area contributed by atoms with Gasteiger partial charge in [0.15, 0.2) is 0 Å². The Bertz CT molecular complexity index is 286. The molecule has 0 saturated carbocycles. The van der Waals surface area contributed by atoms with Crippen molar-refractivity contribution in [3.8, 4) is 0 Å². The Balaban J connectivity index is 0.000000500. The number of ketones is 1. The van der Waals surface area contributed by atoms with Crippen LogP contribution < -0.4 is 5.32 Å². The van der Waals surface area contributed by atoms with Crippen molar-refractivity contribution < 1.29 is 4.79 Å². The molecule has 1 N–H and O–H groups in total. The molecule has 0 fully saturated rings. The zero-order valence-corrected chi connectivity index (χ0v) is 9.56. The van der Waals surface area contributed by atoms with Crippen LogP contribution >= 0.6 is 11.6 Å². The molecule has 0 atom stereocenters. The second kappa shape index (κ2) is 7.54. The first-order valence-electron chi connectivity index (χ1n) is 4.43. The first-order chi connectivity index (χ1) is 6.61. The monoisotopic (exact) mass is 213 g/mol. The summed E-state index contributed by atoms with van der Waals surface area (Å²) in [5.74, 6) is 0.137. The fourth-order valence-electron chi connectivity index (χ4n) is 0.910. The third kappa shape index (κ3) is 5.73. The standard InChI is InChI=1S/C9H9ClO.C2H7N/c1-7(11)6-8-4-2-3-5-9(8)10;1-3-2/h2-5H,6H2,1H3;3H,1-2H3. The molecule has 0 heterocycles. The average molecular weight is 214 g/mol. The Labute approximate surface area is 90.3 Å². The van der Waals surface area contributed by atoms with Crippen molar-refractivity contribution >= 4 is 17.4 Å². The van der Waals surface area contributed by atoms with E-state index in [9.17, 15) is 4.79 Å². The lowest BCUT2D eigenvalue weighted by atomic mass is 10.1. The zero-order chi connectivity index (χ0) is 11.0. The Morgan fingerprint density at radius 3 is 2.29 bits per heavy atom. The summed E-state index contributed by atoms with van der Waals surface area (Å²) in [6.07, 6.45) is 0.430. The molecule has 0 radical (unpaired) electrons. The highest BCUT2D eigenvalue weighted by Gasteiger charge is 2.00. The van der Waals surface area contributed by atoms with E-state index in [2.05, 4.69) is 5.32 Å². The summed E-state index contributed by atoms with van der Waals surface area (Å²) in [5.41, 5.74) is 0.904. The van der Waals surface area contributed by atoms with Crippen LogP contribution in [0, 0.1) is 0 Å². The second-order valence-electron chi connectivity index (χ2n) is 2.97.